The van der Waals surface area contributed by atoms with Gasteiger partial charge in [-0.1, -0.05) is 24.3 Å². The van der Waals surface area contributed by atoms with Gasteiger partial charge in [0.25, 0.3) is 5.91 Å². The first-order chi connectivity index (χ1) is 13.9. The summed E-state index contributed by atoms with van der Waals surface area (Å²) in [6.07, 6.45) is 2.91. The molecule has 8 heteroatoms. The first-order valence-electron chi connectivity index (χ1n) is 10.1. The van der Waals surface area contributed by atoms with Gasteiger partial charge in [0.2, 0.25) is 10.0 Å². The third kappa shape index (κ3) is 3.72. The van der Waals surface area contributed by atoms with E-state index in [-0.39, 0.29) is 16.8 Å². The van der Waals surface area contributed by atoms with Crippen LogP contribution in [0.2, 0.25) is 0 Å². The molecule has 2 heterocycles. The minimum absolute atomic E-state index is 0.0604. The van der Waals surface area contributed by atoms with E-state index in [9.17, 15) is 13.2 Å². The van der Waals surface area contributed by atoms with E-state index in [1.807, 2.05) is 12.1 Å². The van der Waals surface area contributed by atoms with Gasteiger partial charge in [-0.3, -0.25) is 4.79 Å². The highest BCUT2D eigenvalue weighted by molar-refractivity contribution is 7.89. The lowest BCUT2D eigenvalue weighted by atomic mass is 9.87. The van der Waals surface area contributed by atoms with E-state index < -0.39 is 10.0 Å². The van der Waals surface area contributed by atoms with Gasteiger partial charge < -0.3 is 15.0 Å². The minimum atomic E-state index is -3.68. The number of aromatic amines is 1. The van der Waals surface area contributed by atoms with Crippen molar-refractivity contribution in [3.8, 4) is 0 Å². The number of nitrogens with one attached hydrogen (secondary N) is 2. The molecule has 0 spiro atoms. The Morgan fingerprint density at radius 2 is 1.93 bits per heavy atom. The van der Waals surface area contributed by atoms with Crippen molar-refractivity contribution in [2.45, 2.75) is 44.0 Å². The zero-order valence-electron chi connectivity index (χ0n) is 16.8. The molecule has 1 aliphatic carbocycles. The van der Waals surface area contributed by atoms with E-state index in [4.69, 9.17) is 4.74 Å². The molecular weight excluding hydrogens is 390 g/mol. The first-order valence-corrected chi connectivity index (χ1v) is 11.5. The molecule has 2 N–H and O–H groups in total. The molecule has 1 amide bonds. The number of aryl methyl sites for hydroxylation is 2. The third-order valence-electron chi connectivity index (χ3n) is 5.84. The number of aromatic nitrogens is 1. The summed E-state index contributed by atoms with van der Waals surface area (Å²) in [5, 5.41) is 3.11. The van der Waals surface area contributed by atoms with Crippen molar-refractivity contribution in [1.29, 1.82) is 0 Å². The van der Waals surface area contributed by atoms with Crippen molar-refractivity contribution in [1.82, 2.24) is 14.6 Å². The Balaban J connectivity index is 1.60. The van der Waals surface area contributed by atoms with Crippen LogP contribution in [0.1, 0.15) is 51.8 Å². The molecule has 1 atom stereocenters. The highest BCUT2D eigenvalue weighted by Gasteiger charge is 2.33. The summed E-state index contributed by atoms with van der Waals surface area (Å²) < 4.78 is 33.0. The van der Waals surface area contributed by atoms with Gasteiger partial charge >= 0.3 is 0 Å². The minimum Gasteiger partial charge on any atom is -0.379 e. The van der Waals surface area contributed by atoms with Gasteiger partial charge in [0.15, 0.2) is 0 Å². The summed E-state index contributed by atoms with van der Waals surface area (Å²) >= 11 is 0. The molecule has 156 valence electrons. The zero-order valence-corrected chi connectivity index (χ0v) is 17.6. The van der Waals surface area contributed by atoms with Crippen LogP contribution in [0.25, 0.3) is 0 Å². The normalized spacial score (nSPS) is 20.3. The number of nitrogens with zero attached hydrogens (tertiary/aromatic N) is 1. The largest absolute Gasteiger partial charge is 0.379 e. The number of benzene rings is 1. The molecular formula is C21H27N3O4S. The van der Waals surface area contributed by atoms with Crippen LogP contribution in [0.15, 0.2) is 29.2 Å². The summed E-state index contributed by atoms with van der Waals surface area (Å²) in [4.78, 5) is 16.3. The van der Waals surface area contributed by atoms with Crippen molar-refractivity contribution in [3.05, 3.63) is 52.3 Å². The lowest BCUT2D eigenvalue weighted by Gasteiger charge is -2.26. The monoisotopic (exact) mass is 417 g/mol. The average molecular weight is 418 g/mol. The fourth-order valence-corrected chi connectivity index (χ4v) is 6.21. The molecule has 1 fully saturated rings. The van der Waals surface area contributed by atoms with E-state index >= 15 is 0 Å². The standard InChI is InChI=1S/C21H27N3O4S/c1-14-19(21(25)23-18-9-5-7-16-6-3-4-8-17(16)18)22-15(2)20(14)29(26,27)24-10-12-28-13-11-24/h3-4,6,8,18,22H,5,7,9-13H2,1-2H3,(H,23,25). The Morgan fingerprint density at radius 1 is 1.21 bits per heavy atom. The predicted molar refractivity (Wildman–Crippen MR) is 109 cm³/mol. The summed E-state index contributed by atoms with van der Waals surface area (Å²) in [7, 11) is -3.68. The van der Waals surface area contributed by atoms with Gasteiger partial charge in [0.05, 0.1) is 19.3 Å². The molecule has 2 aliphatic rings. The van der Waals surface area contributed by atoms with Crippen molar-refractivity contribution < 1.29 is 17.9 Å². The Morgan fingerprint density at radius 3 is 2.69 bits per heavy atom. The molecule has 1 aromatic carbocycles. The Kier molecular flexibility index (Phi) is 5.50. The number of sulfonamides is 1. The van der Waals surface area contributed by atoms with Crippen LogP contribution in [-0.4, -0.2) is 49.9 Å². The lowest BCUT2D eigenvalue weighted by Crippen LogP contribution is -2.41. The fraction of sp³-hybridized carbons (Fsp3) is 0.476. The maximum absolute atomic E-state index is 13.1. The number of H-pyrrole nitrogens is 1. The molecule has 1 unspecified atom stereocenters. The zero-order chi connectivity index (χ0) is 20.6. The number of morpholine rings is 1. The second kappa shape index (κ2) is 7.93. The lowest BCUT2D eigenvalue weighted by molar-refractivity contribution is 0.0730. The highest BCUT2D eigenvalue weighted by atomic mass is 32.2. The van der Waals surface area contributed by atoms with Crippen LogP contribution in [-0.2, 0) is 21.2 Å². The van der Waals surface area contributed by atoms with Crippen LogP contribution in [0, 0.1) is 13.8 Å². The van der Waals surface area contributed by atoms with Crippen molar-refractivity contribution in [3.63, 3.8) is 0 Å². The summed E-state index contributed by atoms with van der Waals surface area (Å²) in [6, 6.07) is 8.10. The number of rotatable bonds is 4. The van der Waals surface area contributed by atoms with E-state index in [1.165, 1.54) is 9.87 Å². The number of fused-ring (bicyclic) bond motifs is 1. The van der Waals surface area contributed by atoms with E-state index in [2.05, 4.69) is 22.4 Å². The van der Waals surface area contributed by atoms with Gasteiger partial charge in [-0.15, -0.1) is 0 Å². The fourth-order valence-electron chi connectivity index (χ4n) is 4.40. The topological polar surface area (TPSA) is 91.5 Å². The second-order valence-corrected chi connectivity index (χ2v) is 9.59. The molecule has 2 aromatic rings. The Bertz CT molecular complexity index is 1020. The van der Waals surface area contributed by atoms with Gasteiger partial charge in [-0.25, -0.2) is 8.42 Å². The van der Waals surface area contributed by atoms with Gasteiger partial charge in [-0.2, -0.15) is 4.31 Å². The summed E-state index contributed by atoms with van der Waals surface area (Å²) in [5.74, 6) is -0.268. The molecule has 1 saturated heterocycles. The smallest absolute Gasteiger partial charge is 0.268 e. The number of carbonyl (C=O) groups excluding carboxylic acids is 1. The van der Waals surface area contributed by atoms with Crippen LogP contribution >= 0.6 is 0 Å². The SMILES string of the molecule is Cc1[nH]c(C(=O)NC2CCCc3ccccc32)c(C)c1S(=O)(=O)N1CCOCC1. The van der Waals surface area contributed by atoms with Crippen molar-refractivity contribution in [2.75, 3.05) is 26.3 Å². The highest BCUT2D eigenvalue weighted by Crippen LogP contribution is 2.31. The van der Waals surface area contributed by atoms with Crippen LogP contribution in [0.5, 0.6) is 0 Å². The van der Waals surface area contributed by atoms with Crippen LogP contribution in [0.4, 0.5) is 0 Å². The number of hydrogen-bond donors (Lipinski definition) is 2. The molecule has 0 saturated carbocycles. The van der Waals surface area contributed by atoms with Crippen molar-refractivity contribution in [2.24, 2.45) is 0 Å². The van der Waals surface area contributed by atoms with E-state index in [1.54, 1.807) is 13.8 Å². The maximum atomic E-state index is 13.1. The number of hydrogen-bond acceptors (Lipinski definition) is 4. The van der Waals surface area contributed by atoms with Gasteiger partial charge in [-0.05, 0) is 49.8 Å². The Labute approximate surface area is 171 Å². The quantitative estimate of drug-likeness (QED) is 0.799. The molecule has 29 heavy (non-hydrogen) atoms. The maximum Gasteiger partial charge on any atom is 0.268 e. The predicted octanol–water partition coefficient (Wildman–Crippen LogP) is 2.46. The molecule has 0 bridgehead atoms. The first kappa shape index (κ1) is 20.1. The van der Waals surface area contributed by atoms with Gasteiger partial charge in [0, 0.05) is 18.8 Å². The summed E-state index contributed by atoms with van der Waals surface area (Å²) in [5.41, 5.74) is 3.68. The Hall–Kier alpha value is -2.16. The number of amides is 1. The molecule has 1 aliphatic heterocycles. The van der Waals surface area contributed by atoms with E-state index in [0.717, 1.165) is 24.8 Å². The third-order valence-corrected chi connectivity index (χ3v) is 8.01. The molecule has 7 nitrogen and oxygen atoms in total. The van der Waals surface area contributed by atoms with Crippen molar-refractivity contribution >= 4 is 15.9 Å². The van der Waals surface area contributed by atoms with Crippen LogP contribution in [0.3, 0.4) is 0 Å². The molecule has 4 rings (SSSR count). The molecule has 0 radical (unpaired) electrons. The molecule has 1 aromatic heterocycles. The average Bonchev–Trinajstić information content (AvgIpc) is 3.03. The number of ether oxygens (including phenoxy) is 1. The summed E-state index contributed by atoms with van der Waals surface area (Å²) in [6.45, 7) is 4.82. The number of carbonyl (C=O) groups is 1. The van der Waals surface area contributed by atoms with Crippen LogP contribution < -0.4 is 5.32 Å². The van der Waals surface area contributed by atoms with Gasteiger partial charge in [0.1, 0.15) is 10.6 Å². The second-order valence-electron chi connectivity index (χ2n) is 7.71. The van der Waals surface area contributed by atoms with E-state index in [0.29, 0.717) is 43.3 Å².